The number of amides is 2. The van der Waals surface area contributed by atoms with Crippen molar-refractivity contribution in [1.82, 2.24) is 4.90 Å². The van der Waals surface area contributed by atoms with E-state index in [0.29, 0.717) is 11.3 Å². The zero-order chi connectivity index (χ0) is 17.7. The van der Waals surface area contributed by atoms with Gasteiger partial charge in [0.25, 0.3) is 5.91 Å². The van der Waals surface area contributed by atoms with Crippen LogP contribution in [0.25, 0.3) is 0 Å². The van der Waals surface area contributed by atoms with Crippen molar-refractivity contribution in [3.63, 3.8) is 0 Å². The fourth-order valence-electron chi connectivity index (χ4n) is 2.94. The first-order valence-corrected chi connectivity index (χ1v) is 8.31. The number of nitrogens with one attached hydrogen (secondary N) is 1. The summed E-state index contributed by atoms with van der Waals surface area (Å²) in [6.45, 7) is 4.68. The summed E-state index contributed by atoms with van der Waals surface area (Å²) in [5.74, 6) is -1.32. The average Bonchev–Trinajstić information content (AvgIpc) is 2.54. The fraction of sp³-hybridized carbons (Fsp3) is 0.500. The summed E-state index contributed by atoms with van der Waals surface area (Å²) in [4.78, 5) is 36.8. The molecule has 6 nitrogen and oxygen atoms in total. The highest BCUT2D eigenvalue weighted by atomic mass is 16.4. The smallest absolute Gasteiger partial charge is 0.303 e. The second kappa shape index (κ2) is 7.95. The van der Waals surface area contributed by atoms with Crippen LogP contribution < -0.4 is 5.32 Å². The van der Waals surface area contributed by atoms with Gasteiger partial charge in [-0.3, -0.25) is 14.4 Å². The Morgan fingerprint density at radius 2 is 2.00 bits per heavy atom. The van der Waals surface area contributed by atoms with Crippen LogP contribution in [0.4, 0.5) is 5.69 Å². The van der Waals surface area contributed by atoms with Crippen molar-refractivity contribution in [2.75, 3.05) is 11.9 Å². The number of anilines is 1. The van der Waals surface area contributed by atoms with E-state index in [0.717, 1.165) is 31.4 Å². The van der Waals surface area contributed by atoms with Gasteiger partial charge in [-0.1, -0.05) is 0 Å². The van der Waals surface area contributed by atoms with Gasteiger partial charge in [0, 0.05) is 30.3 Å². The molecule has 1 fully saturated rings. The SMILES string of the molecule is Cc1cc(C(=O)N2CCCCC2C)ccc1NC(=O)CCC(=O)O. The molecule has 2 amide bonds. The normalized spacial score (nSPS) is 17.4. The number of benzene rings is 1. The molecule has 1 aliphatic heterocycles. The maximum Gasteiger partial charge on any atom is 0.303 e. The molecule has 1 unspecified atom stereocenters. The second-order valence-electron chi connectivity index (χ2n) is 6.31. The number of hydrogen-bond donors (Lipinski definition) is 2. The van der Waals surface area contributed by atoms with Crippen LogP contribution in [0.1, 0.15) is 54.9 Å². The topological polar surface area (TPSA) is 86.7 Å². The molecule has 1 aromatic carbocycles. The van der Waals surface area contributed by atoms with E-state index >= 15 is 0 Å². The molecule has 0 aromatic heterocycles. The number of nitrogens with zero attached hydrogens (tertiary/aromatic N) is 1. The van der Waals surface area contributed by atoms with E-state index in [4.69, 9.17) is 5.11 Å². The minimum Gasteiger partial charge on any atom is -0.481 e. The molecule has 24 heavy (non-hydrogen) atoms. The molecule has 1 saturated heterocycles. The number of likely N-dealkylation sites (tertiary alicyclic amines) is 1. The summed E-state index contributed by atoms with van der Waals surface area (Å²) in [6, 6.07) is 5.44. The van der Waals surface area contributed by atoms with Crippen LogP contribution in [0.2, 0.25) is 0 Å². The quantitative estimate of drug-likeness (QED) is 0.868. The maximum absolute atomic E-state index is 12.6. The van der Waals surface area contributed by atoms with Crippen LogP contribution >= 0.6 is 0 Å². The molecule has 1 heterocycles. The summed E-state index contributed by atoms with van der Waals surface area (Å²) in [6.07, 6.45) is 2.95. The lowest BCUT2D eigenvalue weighted by atomic mass is 10.0. The first-order chi connectivity index (χ1) is 11.4. The van der Waals surface area contributed by atoms with Gasteiger partial charge in [-0.05, 0) is 56.9 Å². The van der Waals surface area contributed by atoms with Crippen LogP contribution in [0, 0.1) is 6.92 Å². The number of carbonyl (C=O) groups excluding carboxylic acids is 2. The monoisotopic (exact) mass is 332 g/mol. The molecular weight excluding hydrogens is 308 g/mol. The molecule has 1 atom stereocenters. The van der Waals surface area contributed by atoms with Crippen molar-refractivity contribution in [3.8, 4) is 0 Å². The molecule has 130 valence electrons. The van der Waals surface area contributed by atoms with Gasteiger partial charge < -0.3 is 15.3 Å². The molecule has 0 spiro atoms. The molecule has 0 aliphatic carbocycles. The molecule has 0 saturated carbocycles. The van der Waals surface area contributed by atoms with Crippen LogP contribution in [-0.2, 0) is 9.59 Å². The first kappa shape index (κ1) is 18.0. The summed E-state index contributed by atoms with van der Waals surface area (Å²) >= 11 is 0. The Bertz CT molecular complexity index is 642. The number of carboxylic acids is 1. The van der Waals surface area contributed by atoms with Gasteiger partial charge in [0.2, 0.25) is 5.91 Å². The molecule has 0 radical (unpaired) electrons. The third-order valence-electron chi connectivity index (χ3n) is 4.38. The lowest BCUT2D eigenvalue weighted by Crippen LogP contribution is -2.42. The van der Waals surface area contributed by atoms with E-state index in [1.54, 1.807) is 18.2 Å². The highest BCUT2D eigenvalue weighted by Gasteiger charge is 2.24. The Morgan fingerprint density at radius 1 is 1.25 bits per heavy atom. The fourth-order valence-corrected chi connectivity index (χ4v) is 2.94. The van der Waals surface area contributed by atoms with E-state index in [2.05, 4.69) is 12.2 Å². The first-order valence-electron chi connectivity index (χ1n) is 8.31. The molecule has 2 rings (SSSR count). The van der Waals surface area contributed by atoms with Crippen molar-refractivity contribution in [3.05, 3.63) is 29.3 Å². The Morgan fingerprint density at radius 3 is 2.62 bits per heavy atom. The Balaban J connectivity index is 2.04. The van der Waals surface area contributed by atoms with Gasteiger partial charge in [0.1, 0.15) is 0 Å². The molecular formula is C18H24N2O4. The van der Waals surface area contributed by atoms with E-state index in [1.807, 2.05) is 11.8 Å². The van der Waals surface area contributed by atoms with Crippen LogP contribution in [0.3, 0.4) is 0 Å². The van der Waals surface area contributed by atoms with Crippen LogP contribution in [0.15, 0.2) is 18.2 Å². The van der Waals surface area contributed by atoms with Crippen molar-refractivity contribution in [2.24, 2.45) is 0 Å². The predicted octanol–water partition coefficient (Wildman–Crippen LogP) is 2.81. The molecule has 0 bridgehead atoms. The highest BCUT2D eigenvalue weighted by Crippen LogP contribution is 2.22. The summed E-state index contributed by atoms with van der Waals surface area (Å²) in [5, 5.41) is 11.3. The average molecular weight is 332 g/mol. The summed E-state index contributed by atoms with van der Waals surface area (Å²) in [5.41, 5.74) is 2.01. The Hall–Kier alpha value is -2.37. The zero-order valence-corrected chi connectivity index (χ0v) is 14.2. The summed E-state index contributed by atoms with van der Waals surface area (Å²) in [7, 11) is 0. The number of carboxylic acid groups (broad SMARTS) is 1. The lowest BCUT2D eigenvalue weighted by Gasteiger charge is -2.33. The number of rotatable bonds is 5. The van der Waals surface area contributed by atoms with Gasteiger partial charge in [0.05, 0.1) is 6.42 Å². The van der Waals surface area contributed by atoms with Crippen molar-refractivity contribution < 1.29 is 19.5 Å². The third kappa shape index (κ3) is 4.57. The second-order valence-corrected chi connectivity index (χ2v) is 6.31. The van der Waals surface area contributed by atoms with E-state index in [-0.39, 0.29) is 30.7 Å². The number of piperidine rings is 1. The molecule has 1 aliphatic rings. The number of aryl methyl sites for hydroxylation is 1. The summed E-state index contributed by atoms with van der Waals surface area (Å²) < 4.78 is 0. The van der Waals surface area contributed by atoms with E-state index < -0.39 is 5.97 Å². The van der Waals surface area contributed by atoms with Gasteiger partial charge in [-0.25, -0.2) is 0 Å². The van der Waals surface area contributed by atoms with Crippen LogP contribution in [0.5, 0.6) is 0 Å². The zero-order valence-electron chi connectivity index (χ0n) is 14.2. The minimum absolute atomic E-state index is 0.0223. The van der Waals surface area contributed by atoms with Gasteiger partial charge >= 0.3 is 5.97 Å². The van der Waals surface area contributed by atoms with Crippen molar-refractivity contribution >= 4 is 23.5 Å². The van der Waals surface area contributed by atoms with Crippen molar-refractivity contribution in [2.45, 2.75) is 52.0 Å². The van der Waals surface area contributed by atoms with Crippen molar-refractivity contribution in [1.29, 1.82) is 0 Å². The molecule has 2 N–H and O–H groups in total. The van der Waals surface area contributed by atoms with E-state index in [1.165, 1.54) is 0 Å². The lowest BCUT2D eigenvalue weighted by molar-refractivity contribution is -0.138. The van der Waals surface area contributed by atoms with Gasteiger partial charge in [0.15, 0.2) is 0 Å². The maximum atomic E-state index is 12.6. The molecule has 6 heteroatoms. The number of hydrogen-bond acceptors (Lipinski definition) is 3. The molecule has 1 aromatic rings. The van der Waals surface area contributed by atoms with Crippen LogP contribution in [-0.4, -0.2) is 40.4 Å². The van der Waals surface area contributed by atoms with E-state index in [9.17, 15) is 14.4 Å². The Kier molecular flexibility index (Phi) is 5.95. The Labute approximate surface area is 141 Å². The van der Waals surface area contributed by atoms with Gasteiger partial charge in [-0.2, -0.15) is 0 Å². The third-order valence-corrected chi connectivity index (χ3v) is 4.38. The predicted molar refractivity (Wildman–Crippen MR) is 91.0 cm³/mol. The minimum atomic E-state index is -1.00. The highest BCUT2D eigenvalue weighted by molar-refractivity contribution is 5.97. The largest absolute Gasteiger partial charge is 0.481 e. The number of carbonyl (C=O) groups is 3. The number of aliphatic carboxylic acids is 1. The standard InChI is InChI=1S/C18H24N2O4/c1-12-11-14(18(24)20-10-4-3-5-13(20)2)6-7-15(12)19-16(21)8-9-17(22)23/h6-7,11,13H,3-5,8-10H2,1-2H3,(H,19,21)(H,22,23). The van der Waals surface area contributed by atoms with Gasteiger partial charge in [-0.15, -0.1) is 0 Å².